The summed E-state index contributed by atoms with van der Waals surface area (Å²) in [7, 11) is -4.21. The average molecular weight is 383 g/mol. The second-order valence-electron chi connectivity index (χ2n) is 5.63. The zero-order valence-electron chi connectivity index (χ0n) is 12.9. The van der Waals surface area contributed by atoms with Crippen molar-refractivity contribution in [2.45, 2.75) is 30.6 Å². The lowest BCUT2D eigenvalue weighted by Crippen LogP contribution is -2.20. The monoisotopic (exact) mass is 383 g/mol. The van der Waals surface area contributed by atoms with Crippen LogP contribution in [0.3, 0.4) is 0 Å². The van der Waals surface area contributed by atoms with E-state index in [2.05, 4.69) is 0 Å². The third-order valence-electron chi connectivity index (χ3n) is 3.74. The summed E-state index contributed by atoms with van der Waals surface area (Å²) in [5.74, 6) is 0. The lowest BCUT2D eigenvalue weighted by Gasteiger charge is -2.25. The molecule has 128 valence electrons. The van der Waals surface area contributed by atoms with E-state index in [1.807, 2.05) is 30.3 Å². The largest absolute Gasteiger partial charge is 0.345 e. The second-order valence-corrected chi connectivity index (χ2v) is 9.44. The van der Waals surface area contributed by atoms with Gasteiger partial charge in [0.1, 0.15) is 6.29 Å². The number of rotatable bonds is 4. The molecule has 0 fully saturated rings. The Bertz CT molecular complexity index is 742. The highest BCUT2D eigenvalue weighted by molar-refractivity contribution is 8.14. The number of thioether (sulfide) groups is 2. The first kappa shape index (κ1) is 17.8. The van der Waals surface area contributed by atoms with Crippen LogP contribution in [0.5, 0.6) is 0 Å². The predicted octanol–water partition coefficient (Wildman–Crippen LogP) is 4.12. The molecule has 0 amide bonds. The Morgan fingerprint density at radius 2 is 1.96 bits per heavy atom. The van der Waals surface area contributed by atoms with Crippen molar-refractivity contribution in [1.29, 1.82) is 0 Å². The summed E-state index contributed by atoms with van der Waals surface area (Å²) in [4.78, 5) is 34.7. The van der Waals surface area contributed by atoms with Gasteiger partial charge in [0, 0.05) is 21.6 Å². The highest BCUT2D eigenvalue weighted by atomic mass is 32.2. The highest BCUT2D eigenvalue weighted by Crippen LogP contribution is 2.51. The molecular weight excluding hydrogens is 365 g/mol. The molecule has 0 saturated carbocycles. The molecule has 1 aromatic carbocycles. The first-order valence-electron chi connectivity index (χ1n) is 7.63. The molecular formula is C16H18NO4PS2. The zero-order chi connectivity index (χ0) is 17.2. The molecule has 1 aromatic rings. The fourth-order valence-electron chi connectivity index (χ4n) is 2.75. The molecule has 0 spiro atoms. The Kier molecular flexibility index (Phi) is 5.57. The Balaban J connectivity index is 1.80. The summed E-state index contributed by atoms with van der Waals surface area (Å²) < 4.78 is 11.5. The molecule has 5 nitrogen and oxygen atoms in total. The molecule has 8 heteroatoms. The summed E-state index contributed by atoms with van der Waals surface area (Å²) >= 11 is 2.59. The standard InChI is InChI=1S/C16H18NO4PS2/c18-16(23-12-6-2-1-3-7-12)10-15-17(11-22(19,20)21)13-8-4-5-9-14(13)24-15/h1-3,6-7,10H,4-5,8-9,11H2,(H2,19,20,21). The highest BCUT2D eigenvalue weighted by Gasteiger charge is 2.33. The summed E-state index contributed by atoms with van der Waals surface area (Å²) in [6, 6.07) is 9.35. The molecule has 0 bridgehead atoms. The average Bonchev–Trinajstić information content (AvgIpc) is 2.84. The van der Waals surface area contributed by atoms with Crippen LogP contribution in [0.4, 0.5) is 0 Å². The van der Waals surface area contributed by atoms with Gasteiger partial charge < -0.3 is 14.7 Å². The molecule has 0 aromatic heterocycles. The van der Waals surface area contributed by atoms with Gasteiger partial charge in [-0.05, 0) is 49.6 Å². The summed E-state index contributed by atoms with van der Waals surface area (Å²) in [6.07, 6.45) is 4.94. The van der Waals surface area contributed by atoms with Crippen molar-refractivity contribution in [3.63, 3.8) is 0 Å². The van der Waals surface area contributed by atoms with Crippen LogP contribution in [0.2, 0.25) is 0 Å². The third-order valence-corrected chi connectivity index (χ3v) is 6.45. The smallest absolute Gasteiger partial charge is 0.327 e. The number of allylic oxidation sites excluding steroid dienone is 2. The first-order valence-corrected chi connectivity index (χ1v) is 11.1. The van der Waals surface area contributed by atoms with E-state index in [-0.39, 0.29) is 11.4 Å². The van der Waals surface area contributed by atoms with Crippen molar-refractivity contribution in [2.24, 2.45) is 0 Å². The maximum atomic E-state index is 12.3. The number of benzene rings is 1. The molecule has 2 aliphatic rings. The molecule has 0 saturated heterocycles. The summed E-state index contributed by atoms with van der Waals surface area (Å²) in [6.45, 7) is 0. The van der Waals surface area contributed by atoms with E-state index in [9.17, 15) is 19.1 Å². The predicted molar refractivity (Wildman–Crippen MR) is 97.2 cm³/mol. The molecule has 1 heterocycles. The van der Waals surface area contributed by atoms with E-state index in [1.54, 1.807) is 4.90 Å². The van der Waals surface area contributed by atoms with Crippen molar-refractivity contribution in [1.82, 2.24) is 4.90 Å². The van der Waals surface area contributed by atoms with Gasteiger partial charge in [-0.1, -0.05) is 30.0 Å². The Hall–Kier alpha value is -0.980. The van der Waals surface area contributed by atoms with Crippen LogP contribution < -0.4 is 0 Å². The maximum Gasteiger partial charge on any atom is 0.345 e. The summed E-state index contributed by atoms with van der Waals surface area (Å²) in [5.41, 5.74) is 0.971. The maximum absolute atomic E-state index is 12.3. The van der Waals surface area contributed by atoms with E-state index >= 15 is 0 Å². The Morgan fingerprint density at radius 3 is 2.67 bits per heavy atom. The molecule has 3 rings (SSSR count). The van der Waals surface area contributed by atoms with Crippen LogP contribution in [0.1, 0.15) is 25.7 Å². The minimum atomic E-state index is -4.21. The van der Waals surface area contributed by atoms with Gasteiger partial charge in [0.2, 0.25) is 5.12 Å². The SMILES string of the molecule is O=C(C=C1SC2=C(CCCC2)N1CP(=O)(O)O)Sc1ccccc1. The normalized spacial score (nSPS) is 19.8. The quantitative estimate of drug-likeness (QED) is 0.460. The van der Waals surface area contributed by atoms with Crippen molar-refractivity contribution < 1.29 is 19.1 Å². The van der Waals surface area contributed by atoms with Gasteiger partial charge in [-0.2, -0.15) is 0 Å². The number of carbonyl (C=O) groups excluding carboxylic acids is 1. The zero-order valence-corrected chi connectivity index (χ0v) is 15.4. The molecule has 1 aliphatic heterocycles. The van der Waals surface area contributed by atoms with E-state index in [4.69, 9.17) is 0 Å². The van der Waals surface area contributed by atoms with Crippen LogP contribution in [0, 0.1) is 0 Å². The molecule has 0 unspecified atom stereocenters. The van der Waals surface area contributed by atoms with Gasteiger partial charge in [0.15, 0.2) is 0 Å². The topological polar surface area (TPSA) is 77.8 Å². The van der Waals surface area contributed by atoms with Crippen molar-refractivity contribution in [3.8, 4) is 0 Å². The van der Waals surface area contributed by atoms with Crippen LogP contribution in [-0.2, 0) is 9.36 Å². The van der Waals surface area contributed by atoms with E-state index in [1.165, 1.54) is 17.8 Å². The van der Waals surface area contributed by atoms with Crippen LogP contribution >= 0.6 is 31.1 Å². The summed E-state index contributed by atoms with van der Waals surface area (Å²) in [5, 5.41) is 0.484. The number of carbonyl (C=O) groups is 1. The Labute approximate surface area is 149 Å². The van der Waals surface area contributed by atoms with Gasteiger partial charge >= 0.3 is 7.60 Å². The van der Waals surface area contributed by atoms with Crippen LogP contribution in [0.25, 0.3) is 0 Å². The van der Waals surface area contributed by atoms with Gasteiger partial charge in [-0.15, -0.1) is 0 Å². The van der Waals surface area contributed by atoms with E-state index in [0.717, 1.165) is 52.9 Å². The number of hydrogen-bond donors (Lipinski definition) is 2. The van der Waals surface area contributed by atoms with Crippen molar-refractivity contribution in [3.05, 3.63) is 52.0 Å². The van der Waals surface area contributed by atoms with Crippen LogP contribution in [0.15, 0.2) is 56.9 Å². The fraction of sp³-hybridized carbons (Fsp3) is 0.312. The van der Waals surface area contributed by atoms with Gasteiger partial charge in [0.05, 0.1) is 5.03 Å². The number of hydrogen-bond acceptors (Lipinski definition) is 5. The molecule has 0 atom stereocenters. The Morgan fingerprint density at radius 1 is 1.25 bits per heavy atom. The fourth-order valence-corrected chi connectivity index (χ4v) is 5.59. The van der Waals surface area contributed by atoms with Crippen molar-refractivity contribution >= 4 is 36.2 Å². The van der Waals surface area contributed by atoms with Gasteiger partial charge in [-0.3, -0.25) is 9.36 Å². The van der Waals surface area contributed by atoms with Gasteiger partial charge in [0.25, 0.3) is 0 Å². The number of nitrogens with zero attached hydrogens (tertiary/aromatic N) is 1. The second kappa shape index (κ2) is 7.50. The van der Waals surface area contributed by atoms with E-state index < -0.39 is 7.60 Å². The molecule has 0 radical (unpaired) electrons. The molecule has 24 heavy (non-hydrogen) atoms. The van der Waals surface area contributed by atoms with Crippen molar-refractivity contribution in [2.75, 3.05) is 6.29 Å². The minimum absolute atomic E-state index is 0.140. The molecule has 2 N–H and O–H groups in total. The first-order chi connectivity index (χ1) is 11.4. The van der Waals surface area contributed by atoms with E-state index in [0.29, 0.717) is 5.03 Å². The van der Waals surface area contributed by atoms with Gasteiger partial charge in [-0.25, -0.2) is 0 Å². The lowest BCUT2D eigenvalue weighted by molar-refractivity contribution is -0.107. The molecule has 1 aliphatic carbocycles. The third kappa shape index (κ3) is 4.55. The van der Waals surface area contributed by atoms with Crippen LogP contribution in [-0.4, -0.2) is 26.1 Å². The lowest BCUT2D eigenvalue weighted by atomic mass is 10.0. The minimum Gasteiger partial charge on any atom is -0.327 e.